The molecule has 4 rings (SSSR count). The van der Waals surface area contributed by atoms with Crippen LogP contribution in [-0.4, -0.2) is 66.4 Å². The second-order valence-corrected chi connectivity index (χ2v) is 8.16. The Morgan fingerprint density at radius 1 is 1.42 bits per heavy atom. The second kappa shape index (κ2) is 9.82. The van der Waals surface area contributed by atoms with Crippen LogP contribution in [0, 0.1) is 5.82 Å². The minimum Gasteiger partial charge on any atom is -0.463 e. The molecule has 3 heterocycles. The van der Waals surface area contributed by atoms with Crippen molar-refractivity contribution in [2.75, 3.05) is 39.5 Å². The van der Waals surface area contributed by atoms with Gasteiger partial charge in [-0.15, -0.1) is 10.2 Å². The summed E-state index contributed by atoms with van der Waals surface area (Å²) in [5, 5.41) is 12.0. The molecule has 0 amide bonds. The first-order valence-electron chi connectivity index (χ1n) is 9.83. The molecule has 1 aromatic carbocycles. The lowest BCUT2D eigenvalue weighted by atomic mass is 9.95. The van der Waals surface area contributed by atoms with E-state index in [4.69, 9.17) is 26.1 Å². The summed E-state index contributed by atoms with van der Waals surface area (Å²) < 4.78 is 24.5. The van der Waals surface area contributed by atoms with E-state index in [2.05, 4.69) is 20.4 Å². The van der Waals surface area contributed by atoms with Crippen molar-refractivity contribution in [2.24, 2.45) is 4.99 Å². The van der Waals surface area contributed by atoms with Crippen molar-refractivity contribution in [2.45, 2.75) is 13.0 Å². The van der Waals surface area contributed by atoms with Gasteiger partial charge in [-0.3, -0.25) is 9.89 Å². The van der Waals surface area contributed by atoms with Crippen molar-refractivity contribution in [3.8, 4) is 0 Å². The molecule has 31 heavy (non-hydrogen) atoms. The fourth-order valence-electron chi connectivity index (χ4n) is 3.49. The summed E-state index contributed by atoms with van der Waals surface area (Å²) in [4.78, 5) is 19.9. The Morgan fingerprint density at radius 2 is 2.23 bits per heavy atom. The van der Waals surface area contributed by atoms with Gasteiger partial charge in [0, 0.05) is 35.9 Å². The van der Waals surface area contributed by atoms with Gasteiger partial charge >= 0.3 is 5.97 Å². The molecule has 0 aliphatic carbocycles. The molecule has 0 bridgehead atoms. The standard InChI is InChI=1S/C20H21ClFN5O3S/c1-2-30-20(28)16-15(10-27-5-7-29-8-6-27)24-18(19-26-23-11-31-19)25-17(16)13-4-3-12(22)9-14(13)21/h3-4,9,11,17H,2,5-8,10H2,1H3,(H,24,25). The van der Waals surface area contributed by atoms with Crippen LogP contribution >= 0.6 is 22.9 Å². The molecule has 1 unspecified atom stereocenters. The number of esters is 1. The van der Waals surface area contributed by atoms with E-state index in [1.54, 1.807) is 18.5 Å². The highest BCUT2D eigenvalue weighted by molar-refractivity contribution is 7.11. The number of aromatic nitrogens is 2. The molecule has 1 atom stereocenters. The summed E-state index contributed by atoms with van der Waals surface area (Å²) in [6.45, 7) is 5.11. The molecule has 164 valence electrons. The number of hydrogen-bond donors (Lipinski definition) is 1. The first-order valence-corrected chi connectivity index (χ1v) is 11.1. The molecule has 1 N–H and O–H groups in total. The normalized spacial score (nSPS) is 19.7. The fraction of sp³-hybridized carbons (Fsp3) is 0.400. The van der Waals surface area contributed by atoms with Crippen molar-refractivity contribution >= 4 is 34.7 Å². The Hall–Kier alpha value is -2.40. The van der Waals surface area contributed by atoms with Gasteiger partial charge < -0.3 is 14.8 Å². The Kier molecular flexibility index (Phi) is 6.91. The third kappa shape index (κ3) is 4.93. The minimum absolute atomic E-state index is 0.180. The molecule has 0 spiro atoms. The van der Waals surface area contributed by atoms with Gasteiger partial charge in [0.2, 0.25) is 0 Å². The Morgan fingerprint density at radius 3 is 2.90 bits per heavy atom. The Bertz CT molecular complexity index is 1010. The van der Waals surface area contributed by atoms with E-state index in [1.807, 2.05) is 0 Å². The van der Waals surface area contributed by atoms with Crippen LogP contribution in [0.1, 0.15) is 23.5 Å². The summed E-state index contributed by atoms with van der Waals surface area (Å²) in [6.07, 6.45) is 0. The zero-order valence-electron chi connectivity index (χ0n) is 16.8. The highest BCUT2D eigenvalue weighted by Crippen LogP contribution is 2.36. The van der Waals surface area contributed by atoms with Crippen LogP contribution < -0.4 is 5.32 Å². The second-order valence-electron chi connectivity index (χ2n) is 6.92. The number of hydrogen-bond acceptors (Lipinski definition) is 9. The topological polar surface area (TPSA) is 88.9 Å². The third-order valence-electron chi connectivity index (χ3n) is 4.93. The number of carbonyl (C=O) groups is 1. The lowest BCUT2D eigenvalue weighted by Crippen LogP contribution is -2.43. The summed E-state index contributed by atoms with van der Waals surface area (Å²) >= 11 is 7.69. The van der Waals surface area contributed by atoms with Crippen molar-refractivity contribution < 1.29 is 18.7 Å². The van der Waals surface area contributed by atoms with E-state index in [0.29, 0.717) is 47.4 Å². The molecule has 0 radical (unpaired) electrons. The van der Waals surface area contributed by atoms with Crippen LogP contribution in [0.4, 0.5) is 4.39 Å². The minimum atomic E-state index is -0.775. The molecule has 1 saturated heterocycles. The maximum Gasteiger partial charge on any atom is 0.338 e. The van der Waals surface area contributed by atoms with Gasteiger partial charge in [-0.2, -0.15) is 0 Å². The van der Waals surface area contributed by atoms with E-state index in [-0.39, 0.29) is 11.6 Å². The number of nitrogens with one attached hydrogen (secondary N) is 1. The number of carbonyl (C=O) groups excluding carboxylic acids is 1. The number of ether oxygens (including phenoxy) is 2. The van der Waals surface area contributed by atoms with Gasteiger partial charge in [0.05, 0.1) is 25.4 Å². The highest BCUT2D eigenvalue weighted by Gasteiger charge is 2.34. The van der Waals surface area contributed by atoms with Crippen molar-refractivity contribution in [3.63, 3.8) is 0 Å². The highest BCUT2D eigenvalue weighted by atomic mass is 35.5. The largest absolute Gasteiger partial charge is 0.463 e. The SMILES string of the molecule is CCOC(=O)C1=C(CN2CCOCC2)NC(c2nncs2)=NC1c1ccc(F)cc1Cl. The summed E-state index contributed by atoms with van der Waals surface area (Å²) in [5.74, 6) is -0.487. The van der Waals surface area contributed by atoms with E-state index < -0.39 is 17.8 Å². The monoisotopic (exact) mass is 465 g/mol. The van der Waals surface area contributed by atoms with E-state index in [0.717, 1.165) is 13.1 Å². The van der Waals surface area contributed by atoms with Gasteiger partial charge in [-0.05, 0) is 19.1 Å². The van der Waals surface area contributed by atoms with E-state index in [9.17, 15) is 9.18 Å². The van der Waals surface area contributed by atoms with Crippen molar-refractivity contribution in [3.05, 3.63) is 56.4 Å². The van der Waals surface area contributed by atoms with E-state index >= 15 is 0 Å². The van der Waals surface area contributed by atoms with Crippen LogP contribution in [0.25, 0.3) is 0 Å². The fourth-order valence-corrected chi connectivity index (χ4v) is 4.26. The predicted octanol–water partition coefficient (Wildman–Crippen LogP) is 2.57. The average Bonchev–Trinajstić information content (AvgIpc) is 3.29. The number of rotatable bonds is 6. The maximum atomic E-state index is 13.7. The molecule has 1 aromatic heterocycles. The van der Waals surface area contributed by atoms with Crippen LogP contribution in [0.2, 0.25) is 5.02 Å². The number of amidine groups is 1. The van der Waals surface area contributed by atoms with Crippen molar-refractivity contribution in [1.29, 1.82) is 0 Å². The van der Waals surface area contributed by atoms with Gasteiger partial charge in [-0.25, -0.2) is 9.18 Å². The number of morpholine rings is 1. The number of nitrogens with zero attached hydrogens (tertiary/aromatic N) is 4. The van der Waals surface area contributed by atoms with Gasteiger partial charge in [0.1, 0.15) is 17.4 Å². The van der Waals surface area contributed by atoms with Crippen LogP contribution in [-0.2, 0) is 14.3 Å². The predicted molar refractivity (Wildman–Crippen MR) is 115 cm³/mol. The molecule has 0 saturated carbocycles. The number of halogens is 2. The molecule has 2 aliphatic rings. The summed E-state index contributed by atoms with van der Waals surface area (Å²) in [6, 6.07) is 3.28. The molecule has 2 aromatic rings. The van der Waals surface area contributed by atoms with Crippen LogP contribution in [0.5, 0.6) is 0 Å². The first-order chi connectivity index (χ1) is 15.1. The quantitative estimate of drug-likeness (QED) is 0.656. The summed E-state index contributed by atoms with van der Waals surface area (Å²) in [7, 11) is 0. The maximum absolute atomic E-state index is 13.7. The van der Waals surface area contributed by atoms with E-state index in [1.165, 1.54) is 23.5 Å². The molecular weight excluding hydrogens is 445 g/mol. The summed E-state index contributed by atoms with van der Waals surface area (Å²) in [5.41, 5.74) is 3.10. The lowest BCUT2D eigenvalue weighted by Gasteiger charge is -2.32. The van der Waals surface area contributed by atoms with Crippen LogP contribution in [0.15, 0.2) is 40.0 Å². The first kappa shape index (κ1) is 21.8. The lowest BCUT2D eigenvalue weighted by molar-refractivity contribution is -0.139. The molecule has 1 fully saturated rings. The molecule has 2 aliphatic heterocycles. The van der Waals surface area contributed by atoms with Gasteiger partial charge in [0.25, 0.3) is 0 Å². The van der Waals surface area contributed by atoms with Crippen molar-refractivity contribution in [1.82, 2.24) is 20.4 Å². The molecule has 8 nitrogen and oxygen atoms in total. The zero-order valence-corrected chi connectivity index (χ0v) is 18.4. The zero-order chi connectivity index (χ0) is 21.8. The van der Waals surface area contributed by atoms with Gasteiger partial charge in [0.15, 0.2) is 10.8 Å². The Balaban J connectivity index is 1.81. The number of benzene rings is 1. The molecular formula is C20H21ClFN5O3S. The van der Waals surface area contributed by atoms with Crippen LogP contribution in [0.3, 0.4) is 0 Å². The Labute approximate surface area is 187 Å². The smallest absolute Gasteiger partial charge is 0.338 e. The van der Waals surface area contributed by atoms with Gasteiger partial charge in [-0.1, -0.05) is 29.0 Å². The average molecular weight is 466 g/mol. The third-order valence-corrected chi connectivity index (χ3v) is 5.95. The molecule has 11 heteroatoms. The number of aliphatic imine (C=N–C) groups is 1.